The third-order valence-electron chi connectivity index (χ3n) is 5.29. The van der Waals surface area contributed by atoms with Crippen LogP contribution >= 0.6 is 0 Å². The van der Waals surface area contributed by atoms with E-state index >= 15 is 0 Å². The lowest BCUT2D eigenvalue weighted by molar-refractivity contribution is 0.214. The van der Waals surface area contributed by atoms with Crippen molar-refractivity contribution < 1.29 is 0 Å². The maximum atomic E-state index is 4.60. The summed E-state index contributed by atoms with van der Waals surface area (Å²) >= 11 is 0. The normalized spacial score (nSPS) is 23.9. The molecule has 2 saturated heterocycles. The highest BCUT2D eigenvalue weighted by molar-refractivity contribution is 5.45. The fourth-order valence-corrected chi connectivity index (χ4v) is 3.76. The van der Waals surface area contributed by atoms with E-state index in [1.54, 1.807) is 10.8 Å². The summed E-state index contributed by atoms with van der Waals surface area (Å²) in [6.07, 6.45) is 5.71. The molecular weight excluding hydrogens is 290 g/mol. The van der Waals surface area contributed by atoms with E-state index < -0.39 is 0 Å². The summed E-state index contributed by atoms with van der Waals surface area (Å²) in [5.74, 6) is 1.02. The molecule has 2 aromatic heterocycles. The van der Waals surface area contributed by atoms with Crippen LogP contribution in [0.25, 0.3) is 5.65 Å². The van der Waals surface area contributed by atoms with Gasteiger partial charge in [0, 0.05) is 32.2 Å². The van der Waals surface area contributed by atoms with E-state index in [4.69, 9.17) is 0 Å². The van der Waals surface area contributed by atoms with E-state index in [2.05, 4.69) is 37.0 Å². The average Bonchev–Trinajstić information content (AvgIpc) is 3.21. The van der Waals surface area contributed by atoms with Crippen LogP contribution in [0.3, 0.4) is 0 Å². The Morgan fingerprint density at radius 1 is 1.13 bits per heavy atom. The minimum Gasteiger partial charge on any atom is -0.353 e. The van der Waals surface area contributed by atoms with Gasteiger partial charge in [0.25, 0.3) is 0 Å². The van der Waals surface area contributed by atoms with Gasteiger partial charge >= 0.3 is 0 Å². The zero-order valence-electron chi connectivity index (χ0n) is 13.8. The molecule has 0 saturated carbocycles. The Morgan fingerprint density at radius 3 is 2.78 bits per heavy atom. The van der Waals surface area contributed by atoms with Crippen molar-refractivity contribution in [1.82, 2.24) is 29.6 Å². The van der Waals surface area contributed by atoms with Crippen LogP contribution in [-0.2, 0) is 0 Å². The SMILES string of the molecule is CN1CCC[C@@H]1CCN1CCN(c2ccc3nncn3n2)CC1. The van der Waals surface area contributed by atoms with Gasteiger partial charge < -0.3 is 9.80 Å². The van der Waals surface area contributed by atoms with Crippen molar-refractivity contribution >= 4 is 11.5 Å². The van der Waals surface area contributed by atoms with Crippen molar-refractivity contribution in [1.29, 1.82) is 0 Å². The lowest BCUT2D eigenvalue weighted by Crippen LogP contribution is -2.47. The van der Waals surface area contributed by atoms with Gasteiger partial charge in [-0.1, -0.05) is 0 Å². The molecule has 4 heterocycles. The minimum absolute atomic E-state index is 0.797. The van der Waals surface area contributed by atoms with Crippen molar-refractivity contribution in [3.05, 3.63) is 18.5 Å². The van der Waals surface area contributed by atoms with E-state index in [-0.39, 0.29) is 0 Å². The lowest BCUT2D eigenvalue weighted by Gasteiger charge is -2.36. The molecule has 0 spiro atoms. The molecule has 124 valence electrons. The van der Waals surface area contributed by atoms with Gasteiger partial charge in [0.15, 0.2) is 5.65 Å². The molecular formula is C16H25N7. The molecule has 7 heteroatoms. The van der Waals surface area contributed by atoms with Crippen LogP contribution in [0, 0.1) is 0 Å². The monoisotopic (exact) mass is 315 g/mol. The summed E-state index contributed by atoms with van der Waals surface area (Å²) in [7, 11) is 2.27. The molecule has 7 nitrogen and oxygen atoms in total. The van der Waals surface area contributed by atoms with E-state index in [1.807, 2.05) is 12.1 Å². The third-order valence-corrected chi connectivity index (χ3v) is 5.29. The molecule has 2 aliphatic heterocycles. The van der Waals surface area contributed by atoms with Crippen molar-refractivity contribution in [2.24, 2.45) is 0 Å². The molecule has 2 aliphatic rings. The second-order valence-electron chi connectivity index (χ2n) is 6.72. The van der Waals surface area contributed by atoms with Crippen molar-refractivity contribution in [2.45, 2.75) is 25.3 Å². The quantitative estimate of drug-likeness (QED) is 0.829. The number of fused-ring (bicyclic) bond motifs is 1. The van der Waals surface area contributed by atoms with E-state index in [1.165, 1.54) is 32.4 Å². The van der Waals surface area contributed by atoms with E-state index in [0.29, 0.717) is 0 Å². The van der Waals surface area contributed by atoms with Gasteiger partial charge in [0.05, 0.1) is 0 Å². The number of aromatic nitrogens is 4. The number of piperazine rings is 1. The van der Waals surface area contributed by atoms with Crippen LogP contribution in [0.2, 0.25) is 0 Å². The topological polar surface area (TPSA) is 52.8 Å². The van der Waals surface area contributed by atoms with Gasteiger partial charge in [-0.2, -0.15) is 4.52 Å². The zero-order valence-corrected chi connectivity index (χ0v) is 13.8. The standard InChI is InChI=1S/C16H25N7/c1-20-7-2-3-14(20)6-8-21-9-11-22(12-10-21)16-5-4-15-18-17-13-23(15)19-16/h4-5,13-14H,2-3,6-12H2,1H3/t14-/m1/s1. The van der Waals surface area contributed by atoms with Crippen molar-refractivity contribution in [3.8, 4) is 0 Å². The van der Waals surface area contributed by atoms with Gasteiger partial charge in [0.1, 0.15) is 12.1 Å². The van der Waals surface area contributed by atoms with Crippen molar-refractivity contribution in [2.75, 3.05) is 51.2 Å². The summed E-state index contributed by atoms with van der Waals surface area (Å²) in [6.45, 7) is 6.83. The van der Waals surface area contributed by atoms with Crippen LogP contribution < -0.4 is 4.90 Å². The van der Waals surface area contributed by atoms with Gasteiger partial charge in [0.2, 0.25) is 0 Å². The molecule has 0 unspecified atom stereocenters. The Bertz CT molecular complexity index is 647. The summed E-state index contributed by atoms with van der Waals surface area (Å²) < 4.78 is 1.75. The Hall–Kier alpha value is -1.73. The molecule has 4 rings (SSSR count). The Balaban J connectivity index is 1.30. The van der Waals surface area contributed by atoms with E-state index in [9.17, 15) is 0 Å². The number of rotatable bonds is 4. The Morgan fingerprint density at radius 2 is 2.00 bits per heavy atom. The minimum atomic E-state index is 0.797. The predicted molar refractivity (Wildman–Crippen MR) is 89.7 cm³/mol. The molecule has 0 N–H and O–H groups in total. The second-order valence-corrected chi connectivity index (χ2v) is 6.72. The predicted octanol–water partition coefficient (Wildman–Crippen LogP) is 0.731. The molecule has 0 radical (unpaired) electrons. The first-order valence-electron chi connectivity index (χ1n) is 8.64. The first-order valence-corrected chi connectivity index (χ1v) is 8.64. The molecule has 0 aliphatic carbocycles. The fourth-order valence-electron chi connectivity index (χ4n) is 3.76. The number of likely N-dealkylation sites (tertiary alicyclic amines) is 1. The average molecular weight is 315 g/mol. The molecule has 0 bridgehead atoms. The third kappa shape index (κ3) is 3.16. The number of anilines is 1. The lowest BCUT2D eigenvalue weighted by atomic mass is 10.1. The molecule has 23 heavy (non-hydrogen) atoms. The molecule has 1 atom stereocenters. The highest BCUT2D eigenvalue weighted by Crippen LogP contribution is 2.19. The Labute approximate surface area is 136 Å². The highest BCUT2D eigenvalue weighted by Gasteiger charge is 2.23. The van der Waals surface area contributed by atoms with Gasteiger partial charge in [-0.15, -0.1) is 15.3 Å². The largest absolute Gasteiger partial charge is 0.353 e. The first-order chi connectivity index (χ1) is 11.3. The summed E-state index contributed by atoms with van der Waals surface area (Å²) in [5, 5.41) is 12.5. The number of nitrogens with zero attached hydrogens (tertiary/aromatic N) is 7. The molecule has 2 aromatic rings. The maximum Gasteiger partial charge on any atom is 0.177 e. The highest BCUT2D eigenvalue weighted by atomic mass is 15.4. The number of hydrogen-bond donors (Lipinski definition) is 0. The Kier molecular flexibility index (Phi) is 4.13. The van der Waals surface area contributed by atoms with E-state index in [0.717, 1.165) is 43.7 Å². The maximum absolute atomic E-state index is 4.60. The van der Waals surface area contributed by atoms with Crippen LogP contribution in [0.15, 0.2) is 18.5 Å². The molecule has 2 fully saturated rings. The van der Waals surface area contributed by atoms with Crippen LogP contribution in [-0.4, -0.2) is 82.0 Å². The van der Waals surface area contributed by atoms with Gasteiger partial charge in [-0.25, -0.2) is 0 Å². The first kappa shape index (κ1) is 14.8. The van der Waals surface area contributed by atoms with Crippen molar-refractivity contribution in [3.63, 3.8) is 0 Å². The van der Waals surface area contributed by atoms with Crippen LogP contribution in [0.1, 0.15) is 19.3 Å². The number of hydrogen-bond acceptors (Lipinski definition) is 6. The smallest absolute Gasteiger partial charge is 0.177 e. The molecule has 0 amide bonds. The summed E-state index contributed by atoms with van der Waals surface area (Å²) in [6, 6.07) is 4.83. The van der Waals surface area contributed by atoms with Gasteiger partial charge in [-0.3, -0.25) is 4.90 Å². The summed E-state index contributed by atoms with van der Waals surface area (Å²) in [5.41, 5.74) is 0.799. The van der Waals surface area contributed by atoms with Crippen LogP contribution in [0.5, 0.6) is 0 Å². The summed E-state index contributed by atoms with van der Waals surface area (Å²) in [4.78, 5) is 7.48. The van der Waals surface area contributed by atoms with Crippen LogP contribution in [0.4, 0.5) is 5.82 Å². The second kappa shape index (κ2) is 6.41. The zero-order chi connectivity index (χ0) is 15.6. The van der Waals surface area contributed by atoms with Gasteiger partial charge in [-0.05, 0) is 51.5 Å². The molecule has 0 aromatic carbocycles. The fraction of sp³-hybridized carbons (Fsp3) is 0.688.